The number of nitriles is 1. The van der Waals surface area contributed by atoms with Crippen LogP contribution in [0.2, 0.25) is 0 Å². The van der Waals surface area contributed by atoms with E-state index in [1.807, 2.05) is 24.3 Å². The second kappa shape index (κ2) is 6.83. The third-order valence-corrected chi connectivity index (χ3v) is 4.88. The van der Waals surface area contributed by atoms with Crippen molar-refractivity contribution in [2.45, 2.75) is 25.7 Å². The van der Waals surface area contributed by atoms with Gasteiger partial charge in [0, 0.05) is 11.4 Å². The molecule has 0 aromatic heterocycles. The first-order valence-corrected chi connectivity index (χ1v) is 8.77. The van der Waals surface area contributed by atoms with E-state index in [2.05, 4.69) is 53.9 Å². The van der Waals surface area contributed by atoms with E-state index < -0.39 is 0 Å². The minimum atomic E-state index is 0.685. The summed E-state index contributed by atoms with van der Waals surface area (Å²) in [4.78, 5) is 0. The highest BCUT2D eigenvalue weighted by molar-refractivity contribution is 5.65. The van der Waals surface area contributed by atoms with Crippen LogP contribution in [0.3, 0.4) is 0 Å². The summed E-state index contributed by atoms with van der Waals surface area (Å²) in [6.07, 6.45) is 4.16. The lowest BCUT2D eigenvalue weighted by Crippen LogP contribution is -2.02. The fraction of sp³-hybridized carbons (Fsp3) is 0.174. The average molecular weight is 324 g/mol. The normalized spacial score (nSPS) is 12.9. The van der Waals surface area contributed by atoms with Gasteiger partial charge in [0.25, 0.3) is 0 Å². The summed E-state index contributed by atoms with van der Waals surface area (Å²) < 4.78 is 0. The standard InChI is InChI=1S/C23H20N2/c24-16-20-9-13-22(14-10-20)25-23-15-19-6-5-17-1-3-18(4-2-17)7-11-21(23)12-8-19/h1-4,8-10,12-15,25H,5-7,11H2. The predicted molar refractivity (Wildman–Crippen MR) is 102 cm³/mol. The minimum absolute atomic E-state index is 0.685. The lowest BCUT2D eigenvalue weighted by atomic mass is 9.95. The second-order valence-electron chi connectivity index (χ2n) is 6.62. The highest BCUT2D eigenvalue weighted by Crippen LogP contribution is 2.26. The van der Waals surface area contributed by atoms with Crippen molar-refractivity contribution in [3.63, 3.8) is 0 Å². The molecule has 25 heavy (non-hydrogen) atoms. The molecule has 0 spiro atoms. The van der Waals surface area contributed by atoms with Crippen molar-refractivity contribution in [1.29, 1.82) is 5.26 Å². The van der Waals surface area contributed by atoms with E-state index >= 15 is 0 Å². The monoisotopic (exact) mass is 324 g/mol. The van der Waals surface area contributed by atoms with E-state index in [0.717, 1.165) is 31.4 Å². The number of hydrogen-bond donors (Lipinski definition) is 1. The number of benzene rings is 3. The van der Waals surface area contributed by atoms with Gasteiger partial charge in [0.2, 0.25) is 0 Å². The van der Waals surface area contributed by atoms with Crippen molar-refractivity contribution in [3.05, 3.63) is 94.5 Å². The van der Waals surface area contributed by atoms with Crippen molar-refractivity contribution in [2.24, 2.45) is 0 Å². The molecule has 4 aliphatic carbocycles. The van der Waals surface area contributed by atoms with Gasteiger partial charge in [-0.25, -0.2) is 0 Å². The zero-order valence-electron chi connectivity index (χ0n) is 14.1. The maximum atomic E-state index is 8.95. The van der Waals surface area contributed by atoms with Crippen molar-refractivity contribution in [1.82, 2.24) is 0 Å². The molecule has 0 amide bonds. The summed E-state index contributed by atoms with van der Waals surface area (Å²) in [7, 11) is 0. The van der Waals surface area contributed by atoms with Crippen LogP contribution in [0.15, 0.2) is 66.7 Å². The molecule has 3 aromatic rings. The zero-order chi connectivity index (χ0) is 17.1. The summed E-state index contributed by atoms with van der Waals surface area (Å²) in [5.74, 6) is 0. The zero-order valence-corrected chi connectivity index (χ0v) is 14.1. The molecule has 0 radical (unpaired) electrons. The first-order chi connectivity index (χ1) is 12.3. The van der Waals surface area contributed by atoms with Gasteiger partial charge in [-0.2, -0.15) is 5.26 Å². The molecule has 0 unspecified atom stereocenters. The highest BCUT2D eigenvalue weighted by Gasteiger charge is 2.08. The average Bonchev–Trinajstić information content (AvgIpc) is 2.65. The van der Waals surface area contributed by atoms with Crippen LogP contribution >= 0.6 is 0 Å². The molecule has 2 heteroatoms. The van der Waals surface area contributed by atoms with Crippen molar-refractivity contribution >= 4 is 11.4 Å². The van der Waals surface area contributed by atoms with Crippen LogP contribution in [-0.2, 0) is 25.7 Å². The Balaban J connectivity index is 1.65. The smallest absolute Gasteiger partial charge is 0.0991 e. The van der Waals surface area contributed by atoms with E-state index in [0.29, 0.717) is 5.56 Å². The molecule has 122 valence electrons. The molecule has 0 fully saturated rings. The molecular weight excluding hydrogens is 304 g/mol. The summed E-state index contributed by atoms with van der Waals surface area (Å²) in [6.45, 7) is 0. The molecule has 0 atom stereocenters. The molecule has 0 heterocycles. The quantitative estimate of drug-likeness (QED) is 0.704. The van der Waals surface area contributed by atoms with Gasteiger partial charge in [-0.15, -0.1) is 0 Å². The summed E-state index contributed by atoms with van der Waals surface area (Å²) in [6, 6.07) is 25.7. The SMILES string of the molecule is N#Cc1ccc(Nc2cc3ccc2CCc2ccc(cc2)CC3)cc1. The molecule has 4 bridgehead atoms. The van der Waals surface area contributed by atoms with Crippen LogP contribution in [0.25, 0.3) is 0 Å². The van der Waals surface area contributed by atoms with Crippen LogP contribution < -0.4 is 5.32 Å². The summed E-state index contributed by atoms with van der Waals surface area (Å²) >= 11 is 0. The number of hydrogen-bond acceptors (Lipinski definition) is 2. The first kappa shape index (κ1) is 15.5. The molecule has 0 saturated heterocycles. The van der Waals surface area contributed by atoms with Gasteiger partial charge in [0.15, 0.2) is 0 Å². The Morgan fingerprint density at radius 3 is 1.96 bits per heavy atom. The Morgan fingerprint density at radius 1 is 0.680 bits per heavy atom. The van der Waals surface area contributed by atoms with Crippen LogP contribution in [0, 0.1) is 11.3 Å². The molecular formula is C23H20N2. The van der Waals surface area contributed by atoms with Crippen LogP contribution in [0.5, 0.6) is 0 Å². The first-order valence-electron chi connectivity index (χ1n) is 8.77. The van der Waals surface area contributed by atoms with E-state index in [1.54, 1.807) is 0 Å². The number of anilines is 2. The lowest BCUT2D eigenvalue weighted by Gasteiger charge is -2.16. The van der Waals surface area contributed by atoms with Gasteiger partial charge in [-0.05, 0) is 78.3 Å². The number of rotatable bonds is 2. The Bertz CT molecular complexity index is 916. The van der Waals surface area contributed by atoms with Gasteiger partial charge in [-0.1, -0.05) is 36.4 Å². The maximum absolute atomic E-state index is 8.95. The Labute approximate surface area is 148 Å². The van der Waals surface area contributed by atoms with Gasteiger partial charge < -0.3 is 5.32 Å². The van der Waals surface area contributed by atoms with Crippen LogP contribution in [0.4, 0.5) is 11.4 Å². The van der Waals surface area contributed by atoms with Crippen LogP contribution in [-0.4, -0.2) is 0 Å². The van der Waals surface area contributed by atoms with Crippen molar-refractivity contribution in [2.75, 3.05) is 5.32 Å². The third-order valence-electron chi connectivity index (χ3n) is 4.88. The van der Waals surface area contributed by atoms with Gasteiger partial charge >= 0.3 is 0 Å². The molecule has 0 aliphatic heterocycles. The van der Waals surface area contributed by atoms with Crippen LogP contribution in [0.1, 0.15) is 27.8 Å². The largest absolute Gasteiger partial charge is 0.355 e. The molecule has 1 N–H and O–H groups in total. The summed E-state index contributed by atoms with van der Waals surface area (Å²) in [5, 5.41) is 12.5. The Morgan fingerprint density at radius 2 is 1.28 bits per heavy atom. The van der Waals surface area contributed by atoms with E-state index in [4.69, 9.17) is 5.26 Å². The molecule has 0 saturated carbocycles. The number of aryl methyl sites for hydroxylation is 4. The fourth-order valence-corrected chi connectivity index (χ4v) is 3.34. The van der Waals surface area contributed by atoms with Gasteiger partial charge in [-0.3, -0.25) is 0 Å². The van der Waals surface area contributed by atoms with E-state index in [-0.39, 0.29) is 0 Å². The Kier molecular flexibility index (Phi) is 4.23. The van der Waals surface area contributed by atoms with Gasteiger partial charge in [0.05, 0.1) is 11.6 Å². The fourth-order valence-electron chi connectivity index (χ4n) is 3.34. The highest BCUT2D eigenvalue weighted by atomic mass is 14.9. The molecule has 2 nitrogen and oxygen atoms in total. The molecule has 4 aliphatic rings. The minimum Gasteiger partial charge on any atom is -0.355 e. The number of nitrogens with one attached hydrogen (secondary N) is 1. The third kappa shape index (κ3) is 3.56. The van der Waals surface area contributed by atoms with Crippen molar-refractivity contribution < 1.29 is 0 Å². The van der Waals surface area contributed by atoms with Crippen molar-refractivity contribution in [3.8, 4) is 6.07 Å². The van der Waals surface area contributed by atoms with Gasteiger partial charge in [0.1, 0.15) is 0 Å². The second-order valence-corrected chi connectivity index (χ2v) is 6.62. The lowest BCUT2D eigenvalue weighted by molar-refractivity contribution is 0.923. The van der Waals surface area contributed by atoms with E-state index in [9.17, 15) is 0 Å². The molecule has 3 aromatic carbocycles. The van der Waals surface area contributed by atoms with E-state index in [1.165, 1.54) is 27.9 Å². The molecule has 7 rings (SSSR count). The Hall–Kier alpha value is -3.05. The summed E-state index contributed by atoms with van der Waals surface area (Å²) in [5.41, 5.74) is 8.35. The topological polar surface area (TPSA) is 35.8 Å². The predicted octanol–water partition coefficient (Wildman–Crippen LogP) is 5.19. The maximum Gasteiger partial charge on any atom is 0.0991 e. The number of nitrogens with zero attached hydrogens (tertiary/aromatic N) is 1.